The number of hydrogen-bond donors (Lipinski definition) is 2. The van der Waals surface area contributed by atoms with Gasteiger partial charge in [-0.15, -0.1) is 0 Å². The van der Waals surface area contributed by atoms with Gasteiger partial charge in [-0.3, -0.25) is 4.99 Å². The lowest BCUT2D eigenvalue weighted by Crippen LogP contribution is -2.05. The van der Waals surface area contributed by atoms with E-state index in [9.17, 15) is 0 Å². The summed E-state index contributed by atoms with van der Waals surface area (Å²) in [6.07, 6.45) is 6.69. The number of hydrogen-bond acceptors (Lipinski definition) is 6. The Morgan fingerprint density at radius 2 is 2.05 bits per heavy atom. The van der Waals surface area contributed by atoms with Crippen LogP contribution < -0.4 is 11.1 Å². The average Bonchev–Trinajstić information content (AvgIpc) is 3.06. The summed E-state index contributed by atoms with van der Waals surface area (Å²) in [6.45, 7) is 0. The molecule has 7 nitrogen and oxygen atoms in total. The largest absolute Gasteiger partial charge is 0.383 e. The highest BCUT2D eigenvalue weighted by Crippen LogP contribution is 2.21. The van der Waals surface area contributed by atoms with Gasteiger partial charge in [0.15, 0.2) is 0 Å². The van der Waals surface area contributed by atoms with Crippen molar-refractivity contribution in [3.63, 3.8) is 0 Å². The Bertz CT molecular complexity index is 776. The van der Waals surface area contributed by atoms with E-state index in [0.717, 1.165) is 11.4 Å². The number of benzene rings is 1. The molecule has 0 bridgehead atoms. The molecule has 0 radical (unpaired) electrons. The Morgan fingerprint density at radius 3 is 2.73 bits per heavy atom. The zero-order valence-electron chi connectivity index (χ0n) is 12.0. The summed E-state index contributed by atoms with van der Waals surface area (Å²) in [4.78, 5) is 12.2. The molecule has 0 saturated carbocycles. The van der Waals surface area contributed by atoms with E-state index in [0.29, 0.717) is 17.2 Å². The van der Waals surface area contributed by atoms with Crippen LogP contribution in [0.25, 0.3) is 5.69 Å². The second kappa shape index (κ2) is 6.04. The van der Waals surface area contributed by atoms with Gasteiger partial charge in [-0.1, -0.05) is 0 Å². The van der Waals surface area contributed by atoms with Crippen molar-refractivity contribution in [3.8, 4) is 5.69 Å². The molecule has 22 heavy (non-hydrogen) atoms. The van der Waals surface area contributed by atoms with E-state index in [2.05, 4.69) is 25.4 Å². The first-order chi connectivity index (χ1) is 10.8. The maximum atomic E-state index is 5.86. The third-order valence-corrected chi connectivity index (χ3v) is 3.07. The van der Waals surface area contributed by atoms with Gasteiger partial charge in [-0.2, -0.15) is 5.10 Å². The first kappa shape index (κ1) is 13.7. The number of anilines is 3. The van der Waals surface area contributed by atoms with Gasteiger partial charge in [0.2, 0.25) is 0 Å². The highest BCUT2D eigenvalue weighted by molar-refractivity contribution is 5.92. The fraction of sp³-hybridized carbons (Fsp3) is 0.0667. The van der Waals surface area contributed by atoms with Crippen LogP contribution in [0.3, 0.4) is 0 Å². The van der Waals surface area contributed by atoms with Gasteiger partial charge in [-0.25, -0.2) is 14.6 Å². The summed E-state index contributed by atoms with van der Waals surface area (Å²) in [7, 11) is 1.68. The minimum atomic E-state index is 0.385. The van der Waals surface area contributed by atoms with Crippen LogP contribution in [0.2, 0.25) is 0 Å². The first-order valence-electron chi connectivity index (χ1n) is 6.67. The standard InChI is InChI=1S/C15H15N7/c1-17-9-13-14(16)18-10-19-15(13)21-11-3-5-12(6-4-11)22-8-2-7-20-22/h2-10H,1H3,(H3,16,18,19,21). The molecule has 1 aromatic carbocycles. The summed E-state index contributed by atoms with van der Waals surface area (Å²) >= 11 is 0. The molecular formula is C15H15N7. The fourth-order valence-electron chi connectivity index (χ4n) is 2.02. The quantitative estimate of drug-likeness (QED) is 0.718. The van der Waals surface area contributed by atoms with E-state index in [-0.39, 0.29) is 0 Å². The second-order valence-corrected chi connectivity index (χ2v) is 4.53. The van der Waals surface area contributed by atoms with Crippen LogP contribution in [0, 0.1) is 0 Å². The number of aliphatic imine (C=N–C) groups is 1. The molecule has 3 N–H and O–H groups in total. The lowest BCUT2D eigenvalue weighted by Gasteiger charge is -2.10. The third-order valence-electron chi connectivity index (χ3n) is 3.07. The molecule has 0 atom stereocenters. The van der Waals surface area contributed by atoms with Crippen LogP contribution in [0.15, 0.2) is 54.0 Å². The maximum Gasteiger partial charge on any atom is 0.144 e. The van der Waals surface area contributed by atoms with E-state index < -0.39 is 0 Å². The van der Waals surface area contributed by atoms with Crippen molar-refractivity contribution >= 4 is 23.5 Å². The minimum Gasteiger partial charge on any atom is -0.383 e. The summed E-state index contributed by atoms with van der Waals surface area (Å²) in [5.74, 6) is 1.00. The molecule has 0 saturated heterocycles. The van der Waals surface area contributed by atoms with Crippen LogP contribution in [0.1, 0.15) is 5.56 Å². The van der Waals surface area contributed by atoms with Gasteiger partial charge in [0.1, 0.15) is 18.0 Å². The van der Waals surface area contributed by atoms with Crippen molar-refractivity contribution in [1.29, 1.82) is 0 Å². The number of nitrogens with zero attached hydrogens (tertiary/aromatic N) is 5. The van der Waals surface area contributed by atoms with Crippen LogP contribution >= 0.6 is 0 Å². The van der Waals surface area contributed by atoms with Crippen molar-refractivity contribution in [3.05, 3.63) is 54.6 Å². The number of aromatic nitrogens is 4. The number of nitrogen functional groups attached to an aromatic ring is 1. The topological polar surface area (TPSA) is 94.0 Å². The van der Waals surface area contributed by atoms with Crippen molar-refractivity contribution in [2.45, 2.75) is 0 Å². The molecule has 0 aliphatic heterocycles. The molecule has 7 heteroatoms. The minimum absolute atomic E-state index is 0.385. The van der Waals surface area contributed by atoms with Crippen molar-refractivity contribution in [2.75, 3.05) is 18.1 Å². The smallest absolute Gasteiger partial charge is 0.144 e. The summed E-state index contributed by atoms with van der Waals surface area (Å²) in [6, 6.07) is 9.71. The number of rotatable bonds is 4. The predicted octanol–water partition coefficient (Wildman–Crippen LogP) is 2.04. The Balaban J connectivity index is 1.86. The van der Waals surface area contributed by atoms with E-state index in [1.54, 1.807) is 24.1 Å². The first-order valence-corrected chi connectivity index (χ1v) is 6.67. The molecular weight excluding hydrogens is 278 g/mol. The Morgan fingerprint density at radius 1 is 1.23 bits per heavy atom. The molecule has 0 amide bonds. The third kappa shape index (κ3) is 2.78. The Hall–Kier alpha value is -3.22. The monoisotopic (exact) mass is 293 g/mol. The molecule has 3 rings (SSSR count). The molecule has 2 heterocycles. The molecule has 3 aromatic rings. The van der Waals surface area contributed by atoms with Crippen LogP contribution in [0.5, 0.6) is 0 Å². The molecule has 0 fully saturated rings. The Kier molecular flexibility index (Phi) is 3.78. The summed E-state index contributed by atoms with van der Waals surface area (Å²) in [5, 5.41) is 7.41. The summed E-state index contributed by atoms with van der Waals surface area (Å²) in [5.41, 5.74) is 8.39. The second-order valence-electron chi connectivity index (χ2n) is 4.53. The number of nitrogens with one attached hydrogen (secondary N) is 1. The molecule has 0 unspecified atom stereocenters. The van der Waals surface area contributed by atoms with Crippen molar-refractivity contribution in [2.24, 2.45) is 4.99 Å². The lowest BCUT2D eigenvalue weighted by molar-refractivity contribution is 0.881. The van der Waals surface area contributed by atoms with Crippen LogP contribution in [-0.4, -0.2) is 33.0 Å². The van der Waals surface area contributed by atoms with Gasteiger partial charge in [0.05, 0.1) is 11.3 Å². The summed E-state index contributed by atoms with van der Waals surface area (Å²) < 4.78 is 1.79. The molecule has 0 aliphatic rings. The van der Waals surface area contributed by atoms with E-state index in [1.807, 2.05) is 36.5 Å². The van der Waals surface area contributed by atoms with Gasteiger partial charge >= 0.3 is 0 Å². The van der Waals surface area contributed by atoms with Gasteiger partial charge in [-0.05, 0) is 30.3 Å². The van der Waals surface area contributed by atoms with Gasteiger partial charge in [0, 0.05) is 31.3 Å². The molecule has 0 spiro atoms. The van der Waals surface area contributed by atoms with Crippen molar-refractivity contribution in [1.82, 2.24) is 19.7 Å². The number of nitrogens with two attached hydrogens (primary N) is 1. The lowest BCUT2D eigenvalue weighted by atomic mass is 10.2. The maximum absolute atomic E-state index is 5.86. The van der Waals surface area contributed by atoms with E-state index in [1.165, 1.54) is 6.33 Å². The molecule has 2 aromatic heterocycles. The van der Waals surface area contributed by atoms with E-state index in [4.69, 9.17) is 5.73 Å². The fourth-order valence-corrected chi connectivity index (χ4v) is 2.02. The zero-order chi connectivity index (χ0) is 15.4. The Labute approximate surface area is 127 Å². The van der Waals surface area contributed by atoms with Crippen LogP contribution in [-0.2, 0) is 0 Å². The zero-order valence-corrected chi connectivity index (χ0v) is 12.0. The SMILES string of the molecule is CN=Cc1c(N)ncnc1Nc1ccc(-n2cccn2)cc1. The normalized spacial score (nSPS) is 11.0. The van der Waals surface area contributed by atoms with E-state index >= 15 is 0 Å². The highest BCUT2D eigenvalue weighted by atomic mass is 15.3. The van der Waals surface area contributed by atoms with Gasteiger partial charge < -0.3 is 11.1 Å². The average molecular weight is 293 g/mol. The van der Waals surface area contributed by atoms with Crippen LogP contribution in [0.4, 0.5) is 17.3 Å². The molecule has 0 aliphatic carbocycles. The van der Waals surface area contributed by atoms with Gasteiger partial charge in [0.25, 0.3) is 0 Å². The molecule has 110 valence electrons. The highest BCUT2D eigenvalue weighted by Gasteiger charge is 2.07. The van der Waals surface area contributed by atoms with Crippen molar-refractivity contribution < 1.29 is 0 Å². The predicted molar refractivity (Wildman–Crippen MR) is 86.8 cm³/mol.